The molecule has 1 amide bonds. The Morgan fingerprint density at radius 2 is 1.82 bits per heavy atom. The van der Waals surface area contributed by atoms with E-state index in [1.165, 1.54) is 29.8 Å². The Kier molecular flexibility index (Phi) is 6.06. The molecule has 0 bridgehead atoms. The van der Waals surface area contributed by atoms with E-state index in [0.29, 0.717) is 23.0 Å². The molecule has 0 spiro atoms. The van der Waals surface area contributed by atoms with Crippen LogP contribution in [0.2, 0.25) is 0 Å². The largest absolute Gasteiger partial charge is 0.494 e. The highest BCUT2D eigenvalue weighted by Crippen LogP contribution is 2.36. The maximum atomic E-state index is 13.1. The van der Waals surface area contributed by atoms with Crippen molar-refractivity contribution in [2.75, 3.05) is 14.2 Å². The first-order valence-corrected chi connectivity index (χ1v) is 11.5. The van der Waals surface area contributed by atoms with Gasteiger partial charge in [-0.25, -0.2) is 18.1 Å². The summed E-state index contributed by atoms with van der Waals surface area (Å²) in [6.45, 7) is 1.75. The number of amides is 1. The Hall–Kier alpha value is -4.20. The van der Waals surface area contributed by atoms with Crippen LogP contribution in [0.5, 0.6) is 11.5 Å². The molecule has 4 rings (SSSR count). The lowest BCUT2D eigenvalue weighted by molar-refractivity contribution is 0.0969. The molecule has 0 saturated heterocycles. The first-order chi connectivity index (χ1) is 16.2. The molecule has 1 aromatic carbocycles. The molecule has 0 atom stereocenters. The van der Waals surface area contributed by atoms with E-state index in [1.54, 1.807) is 44.3 Å². The van der Waals surface area contributed by atoms with Crippen LogP contribution < -0.4 is 14.2 Å². The number of nitrogens with zero attached hydrogens (tertiary/aromatic N) is 6. The van der Waals surface area contributed by atoms with Gasteiger partial charge in [-0.1, -0.05) is 6.07 Å². The van der Waals surface area contributed by atoms with Crippen LogP contribution in [-0.4, -0.2) is 58.1 Å². The lowest BCUT2D eigenvalue weighted by Crippen LogP contribution is -2.33. The van der Waals surface area contributed by atoms with Gasteiger partial charge in [0, 0.05) is 7.05 Å². The summed E-state index contributed by atoms with van der Waals surface area (Å²) in [7, 11) is 0.340. The van der Waals surface area contributed by atoms with E-state index in [2.05, 4.69) is 20.3 Å². The number of ether oxygens (including phenoxy) is 2. The van der Waals surface area contributed by atoms with Crippen LogP contribution in [0.1, 0.15) is 22.2 Å². The molecule has 0 aliphatic rings. The number of carbonyl (C=O) groups is 1. The third kappa shape index (κ3) is 4.47. The van der Waals surface area contributed by atoms with E-state index >= 15 is 0 Å². The van der Waals surface area contributed by atoms with E-state index in [0.717, 1.165) is 0 Å². The summed E-state index contributed by atoms with van der Waals surface area (Å²) in [5, 5.41) is 12.0. The summed E-state index contributed by atoms with van der Waals surface area (Å²) in [5.74, 6) is -0.208. The zero-order valence-corrected chi connectivity index (χ0v) is 19.5. The third-order valence-corrected chi connectivity index (χ3v) is 5.80. The summed E-state index contributed by atoms with van der Waals surface area (Å²) in [4.78, 5) is 17.0. The molecule has 0 saturated carbocycles. The summed E-state index contributed by atoms with van der Waals surface area (Å²) >= 11 is 0. The fraction of sp³-hybridized carbons (Fsp3) is 0.250. The standard InChI is InChI=1S/C20H21N7O6S/c1-12-8-9-15(33-12)18-22-23-19(27(18)17-13(31-3)6-5-7-14(17)32-4)20(28)25-34(29,30)10-16-21-11-26(2)24-16/h5-9,11H,10H2,1-4H3,(H,25,28). The van der Waals surface area contributed by atoms with E-state index in [-0.39, 0.29) is 23.2 Å². The molecule has 4 aromatic rings. The molecule has 34 heavy (non-hydrogen) atoms. The summed E-state index contributed by atoms with van der Waals surface area (Å²) in [5.41, 5.74) is 0.287. The van der Waals surface area contributed by atoms with E-state index in [9.17, 15) is 13.2 Å². The van der Waals surface area contributed by atoms with Crippen molar-refractivity contribution in [3.8, 4) is 28.8 Å². The highest BCUT2D eigenvalue weighted by atomic mass is 32.2. The van der Waals surface area contributed by atoms with Gasteiger partial charge in [-0.3, -0.25) is 14.0 Å². The van der Waals surface area contributed by atoms with Gasteiger partial charge in [0.2, 0.25) is 21.7 Å². The van der Waals surface area contributed by atoms with Crippen molar-refractivity contribution in [2.45, 2.75) is 12.7 Å². The van der Waals surface area contributed by atoms with Crippen LogP contribution in [0.15, 0.2) is 41.1 Å². The van der Waals surface area contributed by atoms with Crippen molar-refractivity contribution >= 4 is 15.9 Å². The molecule has 3 heterocycles. The first-order valence-electron chi connectivity index (χ1n) is 9.85. The van der Waals surface area contributed by atoms with Crippen LogP contribution >= 0.6 is 0 Å². The van der Waals surface area contributed by atoms with E-state index < -0.39 is 21.7 Å². The molecule has 13 nitrogen and oxygen atoms in total. The number of furan rings is 1. The zero-order valence-electron chi connectivity index (χ0n) is 18.7. The Morgan fingerprint density at radius 3 is 2.38 bits per heavy atom. The number of benzene rings is 1. The van der Waals surface area contributed by atoms with Crippen molar-refractivity contribution in [1.29, 1.82) is 0 Å². The number of carbonyl (C=O) groups excluding carboxylic acids is 1. The average Bonchev–Trinajstić information content (AvgIpc) is 3.51. The van der Waals surface area contributed by atoms with Gasteiger partial charge in [-0.15, -0.1) is 10.2 Å². The van der Waals surface area contributed by atoms with Crippen LogP contribution in [-0.2, 0) is 22.8 Å². The van der Waals surface area contributed by atoms with Gasteiger partial charge in [0.05, 0.1) is 14.2 Å². The molecule has 0 unspecified atom stereocenters. The maximum Gasteiger partial charge on any atom is 0.303 e. The number of aryl methyl sites for hydroxylation is 2. The molecular formula is C20H21N7O6S. The van der Waals surface area contributed by atoms with Gasteiger partial charge in [-0.05, 0) is 31.2 Å². The lowest BCUT2D eigenvalue weighted by atomic mass is 10.2. The number of para-hydroxylation sites is 1. The van der Waals surface area contributed by atoms with Gasteiger partial charge >= 0.3 is 5.91 Å². The molecule has 0 aliphatic carbocycles. The number of rotatable bonds is 8. The Morgan fingerprint density at radius 1 is 1.12 bits per heavy atom. The van der Waals surface area contributed by atoms with Crippen molar-refractivity contribution in [3.05, 3.63) is 54.1 Å². The number of sulfonamides is 1. The maximum absolute atomic E-state index is 13.1. The fourth-order valence-electron chi connectivity index (χ4n) is 3.25. The SMILES string of the molecule is COc1cccc(OC)c1-n1c(C(=O)NS(=O)(=O)Cc2ncn(C)n2)nnc1-c1ccc(C)o1. The molecule has 0 radical (unpaired) electrons. The lowest BCUT2D eigenvalue weighted by Gasteiger charge is -2.16. The molecule has 178 valence electrons. The summed E-state index contributed by atoms with van der Waals surface area (Å²) < 4.78 is 46.5. The predicted molar refractivity (Wildman–Crippen MR) is 118 cm³/mol. The van der Waals surface area contributed by atoms with Crippen molar-refractivity contribution in [2.24, 2.45) is 7.05 Å². The molecule has 1 N–H and O–H groups in total. The van der Waals surface area contributed by atoms with E-state index in [1.807, 2.05) is 4.72 Å². The smallest absolute Gasteiger partial charge is 0.303 e. The number of aromatic nitrogens is 6. The molecule has 14 heteroatoms. The molecular weight excluding hydrogens is 466 g/mol. The molecule has 0 aliphatic heterocycles. The number of hydrogen-bond donors (Lipinski definition) is 1. The van der Waals surface area contributed by atoms with Crippen LogP contribution in [0.25, 0.3) is 17.3 Å². The normalized spacial score (nSPS) is 11.4. The summed E-state index contributed by atoms with van der Waals surface area (Å²) in [6.07, 6.45) is 1.36. The van der Waals surface area contributed by atoms with Crippen molar-refractivity contribution in [3.63, 3.8) is 0 Å². The topological polar surface area (TPSA) is 156 Å². The Labute approximate surface area is 194 Å². The number of methoxy groups -OCH3 is 2. The van der Waals surface area contributed by atoms with Gasteiger partial charge in [0.1, 0.15) is 35.0 Å². The minimum Gasteiger partial charge on any atom is -0.494 e. The van der Waals surface area contributed by atoms with E-state index in [4.69, 9.17) is 13.9 Å². The predicted octanol–water partition coefficient (Wildman–Crippen LogP) is 1.24. The monoisotopic (exact) mass is 487 g/mol. The van der Waals surface area contributed by atoms with Gasteiger partial charge < -0.3 is 13.9 Å². The summed E-state index contributed by atoms with van der Waals surface area (Å²) in [6, 6.07) is 8.38. The second-order valence-corrected chi connectivity index (χ2v) is 8.85. The number of nitrogens with one attached hydrogen (secondary N) is 1. The minimum absolute atomic E-state index is 0.0300. The third-order valence-electron chi connectivity index (χ3n) is 4.67. The molecule has 0 fully saturated rings. The Balaban J connectivity index is 1.81. The average molecular weight is 487 g/mol. The van der Waals surface area contributed by atoms with Crippen molar-refractivity contribution < 1.29 is 27.1 Å². The second kappa shape index (κ2) is 8.97. The highest BCUT2D eigenvalue weighted by molar-refractivity contribution is 7.89. The minimum atomic E-state index is -4.16. The molecule has 3 aromatic heterocycles. The fourth-order valence-corrected chi connectivity index (χ4v) is 4.17. The second-order valence-electron chi connectivity index (χ2n) is 7.13. The highest BCUT2D eigenvalue weighted by Gasteiger charge is 2.29. The van der Waals surface area contributed by atoms with Gasteiger partial charge in [-0.2, -0.15) is 5.10 Å². The van der Waals surface area contributed by atoms with Crippen LogP contribution in [0, 0.1) is 6.92 Å². The van der Waals surface area contributed by atoms with Gasteiger partial charge in [0.15, 0.2) is 11.6 Å². The van der Waals surface area contributed by atoms with Crippen LogP contribution in [0.3, 0.4) is 0 Å². The zero-order chi connectivity index (χ0) is 24.5. The quantitative estimate of drug-likeness (QED) is 0.383. The van der Waals surface area contributed by atoms with Crippen LogP contribution in [0.4, 0.5) is 0 Å². The van der Waals surface area contributed by atoms with Gasteiger partial charge in [0.25, 0.3) is 0 Å². The number of hydrogen-bond acceptors (Lipinski definition) is 10. The Bertz CT molecular complexity index is 1430. The first kappa shape index (κ1) is 23.0. The van der Waals surface area contributed by atoms with Crippen molar-refractivity contribution in [1.82, 2.24) is 34.3 Å².